The molecule has 0 spiro atoms. The van der Waals surface area contributed by atoms with Gasteiger partial charge in [0, 0.05) is 51.1 Å². The lowest BCUT2D eigenvalue weighted by Gasteiger charge is -2.49. The number of nitrogens with zero attached hydrogens (tertiary/aromatic N) is 6. The van der Waals surface area contributed by atoms with Crippen LogP contribution in [0.2, 0.25) is 0 Å². The summed E-state index contributed by atoms with van der Waals surface area (Å²) in [6.45, 7) is 0. The minimum Gasteiger partial charge on any atom is -0.265 e. The van der Waals surface area contributed by atoms with E-state index >= 15 is 0 Å². The van der Waals surface area contributed by atoms with E-state index in [0.29, 0.717) is 23.0 Å². The Morgan fingerprint density at radius 2 is 1.59 bits per heavy atom. The van der Waals surface area contributed by atoms with Crippen molar-refractivity contribution in [2.45, 2.75) is 53.6 Å². The number of aromatic nitrogens is 4. The van der Waals surface area contributed by atoms with Crippen molar-refractivity contribution in [3.05, 3.63) is 203 Å². The van der Waals surface area contributed by atoms with E-state index in [2.05, 4.69) is 134 Å². The smallest absolute Gasteiger partial charge is 0.164 e. The summed E-state index contributed by atoms with van der Waals surface area (Å²) in [5.41, 5.74) is 9.84. The maximum Gasteiger partial charge on any atom is 0.164 e. The molecule has 4 heterocycles. The minimum absolute atomic E-state index is 0.0129. The molecular weight excluding hydrogens is 729 g/mol. The molecule has 6 nitrogen and oxygen atoms in total. The molecule has 3 aromatic carbocycles. The summed E-state index contributed by atoms with van der Waals surface area (Å²) in [5.74, 6) is 2.21. The van der Waals surface area contributed by atoms with Crippen LogP contribution in [0.1, 0.15) is 77.6 Å². The highest BCUT2D eigenvalue weighted by molar-refractivity contribution is 8.00. The lowest BCUT2D eigenvalue weighted by atomic mass is 9.61. The van der Waals surface area contributed by atoms with Gasteiger partial charge in [0.2, 0.25) is 0 Å². The minimum atomic E-state index is -0.610. The van der Waals surface area contributed by atoms with Crippen LogP contribution in [-0.4, -0.2) is 31.4 Å². The van der Waals surface area contributed by atoms with Gasteiger partial charge in [-0.1, -0.05) is 115 Å². The van der Waals surface area contributed by atoms with E-state index in [9.17, 15) is 5.26 Å². The first-order chi connectivity index (χ1) is 28.7. The van der Waals surface area contributed by atoms with Gasteiger partial charge in [0.1, 0.15) is 0 Å². The van der Waals surface area contributed by atoms with Gasteiger partial charge in [-0.3, -0.25) is 9.98 Å². The van der Waals surface area contributed by atoms with Gasteiger partial charge in [-0.2, -0.15) is 5.26 Å². The van der Waals surface area contributed by atoms with Crippen LogP contribution in [0.25, 0.3) is 28.1 Å². The number of nitriles is 1. The standard InChI is InChI=1S/C51H40N6S/c52-33-34-25-27-35(28-26-34)37-15-10-16-38(31-37)39-17-11-18-40(32-39)49-55-48(36-13-2-1-3-14-36)56-50(57-49)41-19-12-21-43-47(41)58-44-22-5-4-20-42(44)51(43,45-23-6-8-29-53-45)46-24-7-9-30-54-46/h2,4-6,8,10-15,17-32,38,43,47H,1,3,7,9,16H2. The molecular formula is C51H40N6S. The fourth-order valence-electron chi connectivity index (χ4n) is 9.00. The summed E-state index contributed by atoms with van der Waals surface area (Å²) in [4.78, 5) is 27.3. The van der Waals surface area contributed by atoms with Crippen LogP contribution in [-0.2, 0) is 5.41 Å². The van der Waals surface area contributed by atoms with E-state index in [1.54, 1.807) is 0 Å². The number of thioether (sulfide) groups is 1. The van der Waals surface area contributed by atoms with E-state index in [4.69, 9.17) is 24.9 Å². The summed E-state index contributed by atoms with van der Waals surface area (Å²) >= 11 is 1.89. The Balaban J connectivity index is 1.08. The second kappa shape index (κ2) is 15.5. The molecule has 5 aromatic rings. The van der Waals surface area contributed by atoms with Crippen LogP contribution in [0.3, 0.4) is 0 Å². The molecule has 280 valence electrons. The quantitative estimate of drug-likeness (QED) is 0.164. The first kappa shape index (κ1) is 35.9. The van der Waals surface area contributed by atoms with E-state index in [-0.39, 0.29) is 17.1 Å². The Labute approximate surface area is 343 Å². The van der Waals surface area contributed by atoms with Gasteiger partial charge >= 0.3 is 0 Å². The van der Waals surface area contributed by atoms with Gasteiger partial charge in [0.25, 0.3) is 0 Å². The molecule has 4 unspecified atom stereocenters. The third-order valence-electron chi connectivity index (χ3n) is 11.8. The second-order valence-corrected chi connectivity index (χ2v) is 16.4. The molecule has 0 radical (unpaired) electrons. The number of allylic oxidation sites excluding steroid dienone is 13. The highest BCUT2D eigenvalue weighted by atomic mass is 32.2. The summed E-state index contributed by atoms with van der Waals surface area (Å²) in [5, 5.41) is 9.29. The van der Waals surface area contributed by atoms with E-state index in [1.807, 2.05) is 48.3 Å². The van der Waals surface area contributed by atoms with Crippen molar-refractivity contribution in [2.24, 2.45) is 10.9 Å². The third-order valence-corrected chi connectivity index (χ3v) is 13.2. The number of fused-ring (bicyclic) bond motifs is 2. The average Bonchev–Trinajstić information content (AvgIpc) is 3.31. The Morgan fingerprint density at radius 3 is 2.41 bits per heavy atom. The van der Waals surface area contributed by atoms with E-state index < -0.39 is 5.41 Å². The lowest BCUT2D eigenvalue weighted by Crippen LogP contribution is -2.47. The maximum absolute atomic E-state index is 9.32. The first-order valence-electron chi connectivity index (χ1n) is 20.1. The van der Waals surface area contributed by atoms with Gasteiger partial charge in [-0.15, -0.1) is 11.8 Å². The molecule has 0 saturated heterocycles. The summed E-state index contributed by atoms with van der Waals surface area (Å²) in [6, 6.07) is 33.8. The van der Waals surface area contributed by atoms with Crippen LogP contribution >= 0.6 is 11.8 Å². The third kappa shape index (κ3) is 6.44. The van der Waals surface area contributed by atoms with Crippen molar-refractivity contribution in [2.75, 3.05) is 0 Å². The second-order valence-electron chi connectivity index (χ2n) is 15.2. The predicted octanol–water partition coefficient (Wildman–Crippen LogP) is 11.4. The highest BCUT2D eigenvalue weighted by Gasteiger charge is 2.54. The van der Waals surface area contributed by atoms with Crippen molar-refractivity contribution in [1.29, 1.82) is 5.26 Å². The molecule has 4 atom stereocenters. The summed E-state index contributed by atoms with van der Waals surface area (Å²) in [6.07, 6.45) is 31.1. The van der Waals surface area contributed by atoms with Crippen molar-refractivity contribution >= 4 is 34.7 Å². The Kier molecular flexibility index (Phi) is 9.56. The fraction of sp³-hybridized carbons (Fsp3) is 0.176. The van der Waals surface area contributed by atoms with E-state index in [1.165, 1.54) is 16.0 Å². The zero-order valence-electron chi connectivity index (χ0n) is 31.9. The van der Waals surface area contributed by atoms with Gasteiger partial charge in [-0.05, 0) is 90.8 Å². The SMILES string of the molecule is N#Cc1ccc(C2=CC(c3cccc(-c4nc(C5=CCCC=C5)nc(C5=CC=CC6C5Sc5ccccc5C6(C5=CCCC=N5)c5ccccn5)n4)c3)CC=C2)cc1. The summed E-state index contributed by atoms with van der Waals surface area (Å²) < 4.78 is 0. The number of hydrogen-bond donors (Lipinski definition) is 0. The Bertz CT molecular complexity index is 2710. The zero-order chi connectivity index (χ0) is 38.9. The molecule has 0 N–H and O–H groups in total. The summed E-state index contributed by atoms with van der Waals surface area (Å²) in [7, 11) is 0. The largest absolute Gasteiger partial charge is 0.265 e. The average molecular weight is 769 g/mol. The number of benzene rings is 3. The van der Waals surface area contributed by atoms with Gasteiger partial charge < -0.3 is 0 Å². The normalized spacial score (nSPS) is 23.1. The Morgan fingerprint density at radius 1 is 0.741 bits per heavy atom. The zero-order valence-corrected chi connectivity index (χ0v) is 32.8. The molecule has 5 aliphatic rings. The highest BCUT2D eigenvalue weighted by Crippen LogP contribution is 2.60. The number of rotatable bonds is 7. The van der Waals surface area contributed by atoms with Crippen LogP contribution in [0.5, 0.6) is 0 Å². The molecule has 0 amide bonds. The Hall–Kier alpha value is -6.49. The first-order valence-corrected chi connectivity index (χ1v) is 21.0. The molecule has 58 heavy (non-hydrogen) atoms. The predicted molar refractivity (Wildman–Crippen MR) is 235 cm³/mol. The van der Waals surface area contributed by atoms with Crippen LogP contribution < -0.4 is 0 Å². The molecule has 2 aliphatic heterocycles. The monoisotopic (exact) mass is 768 g/mol. The van der Waals surface area contributed by atoms with E-state index in [0.717, 1.165) is 71.3 Å². The van der Waals surface area contributed by atoms with Crippen LogP contribution in [0.15, 0.2) is 174 Å². The fourth-order valence-corrected chi connectivity index (χ4v) is 10.5. The number of hydrogen-bond acceptors (Lipinski definition) is 7. The molecule has 0 bridgehead atoms. The van der Waals surface area contributed by atoms with Gasteiger partial charge in [0.05, 0.1) is 28.4 Å². The van der Waals surface area contributed by atoms with Gasteiger partial charge in [0.15, 0.2) is 17.5 Å². The van der Waals surface area contributed by atoms with Crippen molar-refractivity contribution in [3.8, 4) is 17.5 Å². The molecule has 3 aliphatic carbocycles. The molecule has 0 saturated carbocycles. The van der Waals surface area contributed by atoms with Crippen LogP contribution in [0, 0.1) is 17.2 Å². The van der Waals surface area contributed by atoms with Crippen molar-refractivity contribution < 1.29 is 0 Å². The lowest BCUT2D eigenvalue weighted by molar-refractivity contribution is 0.419. The molecule has 7 heteroatoms. The maximum atomic E-state index is 9.32. The van der Waals surface area contributed by atoms with Crippen molar-refractivity contribution in [3.63, 3.8) is 0 Å². The molecule has 10 rings (SSSR count). The van der Waals surface area contributed by atoms with Crippen molar-refractivity contribution in [1.82, 2.24) is 19.9 Å². The molecule has 2 aromatic heterocycles. The molecule has 0 fully saturated rings. The topological polar surface area (TPSA) is 87.7 Å². The number of pyridine rings is 1. The van der Waals surface area contributed by atoms with Gasteiger partial charge in [-0.25, -0.2) is 15.0 Å². The van der Waals surface area contributed by atoms with Crippen LogP contribution in [0.4, 0.5) is 0 Å². The number of aliphatic imine (C=N–C) groups is 1.